The lowest BCUT2D eigenvalue weighted by atomic mass is 9.91. The Morgan fingerprint density at radius 1 is 1.29 bits per heavy atom. The first-order valence-corrected chi connectivity index (χ1v) is 8.04. The van der Waals surface area contributed by atoms with Crippen LogP contribution in [0.4, 0.5) is 0 Å². The Labute approximate surface area is 131 Å². The smallest absolute Gasteiger partial charge is 0.0605 e. The van der Waals surface area contributed by atoms with Crippen LogP contribution in [-0.4, -0.2) is 11.0 Å². The van der Waals surface area contributed by atoms with Gasteiger partial charge in [0.1, 0.15) is 0 Å². The van der Waals surface area contributed by atoms with E-state index < -0.39 is 0 Å². The lowest BCUT2D eigenvalue weighted by Crippen LogP contribution is -2.34. The Morgan fingerprint density at radius 2 is 2.10 bits per heavy atom. The van der Waals surface area contributed by atoms with E-state index in [0.29, 0.717) is 12.1 Å². The zero-order valence-corrected chi connectivity index (χ0v) is 13.1. The van der Waals surface area contributed by atoms with Crippen LogP contribution in [0.5, 0.6) is 0 Å². The van der Waals surface area contributed by atoms with Crippen molar-refractivity contribution in [3.05, 3.63) is 64.4 Å². The highest BCUT2D eigenvalue weighted by Gasteiger charge is 2.22. The largest absolute Gasteiger partial charge is 0.306 e. The van der Waals surface area contributed by atoms with E-state index in [2.05, 4.69) is 35.4 Å². The number of aromatic nitrogens is 1. The van der Waals surface area contributed by atoms with E-state index in [1.807, 2.05) is 24.4 Å². The number of pyridine rings is 1. The van der Waals surface area contributed by atoms with Crippen LogP contribution in [0.2, 0.25) is 5.02 Å². The van der Waals surface area contributed by atoms with Crippen molar-refractivity contribution < 1.29 is 0 Å². The Kier molecular flexibility index (Phi) is 4.57. The highest BCUT2D eigenvalue weighted by Crippen LogP contribution is 2.28. The predicted octanol–water partition coefficient (Wildman–Crippen LogP) is 4.33. The van der Waals surface area contributed by atoms with E-state index in [1.54, 1.807) is 0 Å². The molecule has 0 saturated heterocycles. The van der Waals surface area contributed by atoms with Gasteiger partial charge in [-0.2, -0.15) is 0 Å². The van der Waals surface area contributed by atoms with E-state index in [4.69, 9.17) is 11.6 Å². The maximum absolute atomic E-state index is 5.94. The molecule has 0 radical (unpaired) electrons. The molecular formula is C18H21ClN2. The first-order valence-electron chi connectivity index (χ1n) is 7.66. The molecule has 2 unspecified atom stereocenters. The number of benzene rings is 1. The number of nitrogens with zero attached hydrogens (tertiary/aromatic N) is 1. The fourth-order valence-electron chi connectivity index (χ4n) is 3.15. The monoisotopic (exact) mass is 300 g/mol. The first kappa shape index (κ1) is 14.6. The van der Waals surface area contributed by atoms with E-state index in [9.17, 15) is 0 Å². The summed E-state index contributed by atoms with van der Waals surface area (Å²) in [5.74, 6) is 0. The van der Waals surface area contributed by atoms with Crippen LogP contribution in [0.25, 0.3) is 0 Å². The molecule has 2 atom stereocenters. The second-order valence-corrected chi connectivity index (χ2v) is 6.33. The van der Waals surface area contributed by atoms with Gasteiger partial charge in [-0.15, -0.1) is 0 Å². The summed E-state index contributed by atoms with van der Waals surface area (Å²) in [7, 11) is 0. The van der Waals surface area contributed by atoms with Gasteiger partial charge in [0, 0.05) is 23.3 Å². The normalized spacial score (nSPS) is 19.0. The lowest BCUT2D eigenvalue weighted by molar-refractivity contribution is 0.399. The molecule has 0 amide bonds. The molecule has 21 heavy (non-hydrogen) atoms. The van der Waals surface area contributed by atoms with Crippen LogP contribution < -0.4 is 5.32 Å². The van der Waals surface area contributed by atoms with Crippen molar-refractivity contribution in [1.29, 1.82) is 0 Å². The van der Waals surface area contributed by atoms with Crippen molar-refractivity contribution in [2.45, 2.75) is 44.7 Å². The zero-order valence-electron chi connectivity index (χ0n) is 12.3. The molecule has 0 saturated carbocycles. The maximum atomic E-state index is 5.94. The minimum atomic E-state index is 0.386. The van der Waals surface area contributed by atoms with E-state index in [1.165, 1.54) is 29.7 Å². The second-order valence-electron chi connectivity index (χ2n) is 5.89. The fraction of sp³-hybridized carbons (Fsp3) is 0.389. The molecule has 1 N–H and O–H groups in total. The van der Waals surface area contributed by atoms with Crippen molar-refractivity contribution in [2.24, 2.45) is 0 Å². The molecule has 3 heteroatoms. The summed E-state index contributed by atoms with van der Waals surface area (Å²) in [5, 5.41) is 4.54. The van der Waals surface area contributed by atoms with Crippen LogP contribution in [-0.2, 0) is 12.8 Å². The molecule has 0 aliphatic heterocycles. The summed E-state index contributed by atoms with van der Waals surface area (Å²) in [5.41, 5.74) is 3.96. The van der Waals surface area contributed by atoms with Gasteiger partial charge in [0.15, 0.2) is 0 Å². The molecule has 110 valence electrons. The minimum Gasteiger partial charge on any atom is -0.306 e. The van der Waals surface area contributed by atoms with Gasteiger partial charge in [0.25, 0.3) is 0 Å². The molecule has 0 fully saturated rings. The summed E-state index contributed by atoms with van der Waals surface area (Å²) in [6, 6.07) is 13.2. The third kappa shape index (κ3) is 3.63. The molecule has 0 spiro atoms. The van der Waals surface area contributed by atoms with Gasteiger partial charge >= 0.3 is 0 Å². The summed E-state index contributed by atoms with van der Waals surface area (Å²) < 4.78 is 0. The van der Waals surface area contributed by atoms with Crippen LogP contribution in [0.3, 0.4) is 0 Å². The molecule has 1 heterocycles. The summed E-state index contributed by atoms with van der Waals surface area (Å²) in [6.45, 7) is 2.24. The van der Waals surface area contributed by atoms with Gasteiger partial charge in [0.05, 0.1) is 5.69 Å². The number of halogens is 1. The number of hydrogen-bond acceptors (Lipinski definition) is 2. The molecule has 3 rings (SSSR count). The van der Waals surface area contributed by atoms with Crippen LogP contribution in [0.1, 0.15) is 42.6 Å². The maximum Gasteiger partial charge on any atom is 0.0605 e. The van der Waals surface area contributed by atoms with Gasteiger partial charge < -0.3 is 5.32 Å². The van der Waals surface area contributed by atoms with Crippen molar-refractivity contribution in [2.75, 3.05) is 0 Å². The topological polar surface area (TPSA) is 24.9 Å². The van der Waals surface area contributed by atoms with E-state index >= 15 is 0 Å². The summed E-state index contributed by atoms with van der Waals surface area (Å²) >= 11 is 5.94. The van der Waals surface area contributed by atoms with Crippen LogP contribution >= 0.6 is 11.6 Å². The predicted molar refractivity (Wildman–Crippen MR) is 87.7 cm³/mol. The second kappa shape index (κ2) is 6.59. The molecule has 2 aromatic rings. The molecule has 1 aliphatic carbocycles. The van der Waals surface area contributed by atoms with Gasteiger partial charge in [0.2, 0.25) is 0 Å². The summed E-state index contributed by atoms with van der Waals surface area (Å²) in [6.07, 6.45) is 6.49. The van der Waals surface area contributed by atoms with Crippen molar-refractivity contribution in [1.82, 2.24) is 10.3 Å². The molecule has 0 bridgehead atoms. The standard InChI is InChI=1S/C18H21ClN2/c1-13(12-14-7-9-16(19)10-8-14)21-17-6-2-4-15-5-3-11-20-18(15)17/h3,5,7-11,13,17,21H,2,4,6,12H2,1H3. The van der Waals surface area contributed by atoms with Crippen molar-refractivity contribution in [3.63, 3.8) is 0 Å². The lowest BCUT2D eigenvalue weighted by Gasteiger charge is -2.28. The van der Waals surface area contributed by atoms with Gasteiger partial charge in [-0.3, -0.25) is 4.98 Å². The number of aryl methyl sites for hydroxylation is 1. The van der Waals surface area contributed by atoms with E-state index in [0.717, 1.165) is 17.9 Å². The number of fused-ring (bicyclic) bond motifs is 1. The third-order valence-electron chi connectivity index (χ3n) is 4.14. The highest BCUT2D eigenvalue weighted by molar-refractivity contribution is 6.30. The Hall–Kier alpha value is -1.38. The van der Waals surface area contributed by atoms with Gasteiger partial charge in [-0.1, -0.05) is 29.8 Å². The average Bonchev–Trinajstić information content (AvgIpc) is 2.50. The highest BCUT2D eigenvalue weighted by atomic mass is 35.5. The quantitative estimate of drug-likeness (QED) is 0.909. The summed E-state index contributed by atoms with van der Waals surface area (Å²) in [4.78, 5) is 4.59. The molecular weight excluding hydrogens is 280 g/mol. The van der Waals surface area contributed by atoms with Gasteiger partial charge in [-0.25, -0.2) is 0 Å². The number of nitrogens with one attached hydrogen (secondary N) is 1. The Morgan fingerprint density at radius 3 is 2.90 bits per heavy atom. The Bertz CT molecular complexity index is 594. The number of rotatable bonds is 4. The SMILES string of the molecule is CC(Cc1ccc(Cl)cc1)NC1CCCc2cccnc21. The van der Waals surface area contributed by atoms with Crippen LogP contribution in [0.15, 0.2) is 42.6 Å². The molecule has 1 aromatic heterocycles. The van der Waals surface area contributed by atoms with Crippen LogP contribution in [0, 0.1) is 0 Å². The first-order chi connectivity index (χ1) is 10.2. The number of hydrogen-bond donors (Lipinski definition) is 1. The fourth-order valence-corrected chi connectivity index (χ4v) is 3.27. The molecule has 2 nitrogen and oxygen atoms in total. The minimum absolute atomic E-state index is 0.386. The van der Waals surface area contributed by atoms with E-state index in [-0.39, 0.29) is 0 Å². The third-order valence-corrected chi connectivity index (χ3v) is 4.39. The van der Waals surface area contributed by atoms with Crippen molar-refractivity contribution >= 4 is 11.6 Å². The molecule has 1 aromatic carbocycles. The van der Waals surface area contributed by atoms with Gasteiger partial charge in [-0.05, 0) is 61.9 Å². The molecule has 1 aliphatic rings. The van der Waals surface area contributed by atoms with Crippen molar-refractivity contribution in [3.8, 4) is 0 Å². The Balaban J connectivity index is 1.65. The zero-order chi connectivity index (χ0) is 14.7. The average molecular weight is 301 g/mol.